The van der Waals surface area contributed by atoms with Gasteiger partial charge in [0.2, 0.25) is 0 Å². The highest BCUT2D eigenvalue weighted by molar-refractivity contribution is 5.33. The van der Waals surface area contributed by atoms with Crippen LogP contribution in [0.25, 0.3) is 0 Å². The van der Waals surface area contributed by atoms with Gasteiger partial charge in [-0.15, -0.1) is 0 Å². The number of rotatable bonds is 6. The van der Waals surface area contributed by atoms with Crippen LogP contribution in [0.3, 0.4) is 0 Å². The summed E-state index contributed by atoms with van der Waals surface area (Å²) in [5.74, 6) is 0.106. The van der Waals surface area contributed by atoms with Crippen molar-refractivity contribution in [2.75, 3.05) is 13.6 Å². The van der Waals surface area contributed by atoms with Crippen molar-refractivity contribution in [2.24, 2.45) is 11.7 Å². The van der Waals surface area contributed by atoms with Gasteiger partial charge in [-0.2, -0.15) is 5.26 Å². The standard InChI is InChI=1S/C15H22FN3/c1-11(2)15(18)4-5-19(3)10-13-6-12(9-17)7-14(16)8-13/h6-8,11,15H,4-5,10,18H2,1-3H3. The van der Waals surface area contributed by atoms with E-state index in [1.807, 2.05) is 13.1 Å². The first-order chi connectivity index (χ1) is 8.92. The van der Waals surface area contributed by atoms with Crippen LogP contribution in [0.1, 0.15) is 31.4 Å². The van der Waals surface area contributed by atoms with Gasteiger partial charge < -0.3 is 10.6 Å². The Labute approximate surface area is 114 Å². The van der Waals surface area contributed by atoms with Crippen LogP contribution in [-0.2, 0) is 6.54 Å². The second kappa shape index (κ2) is 7.22. The van der Waals surface area contributed by atoms with Gasteiger partial charge in [-0.1, -0.05) is 13.8 Å². The number of nitrogens with two attached hydrogens (primary N) is 1. The van der Waals surface area contributed by atoms with Gasteiger partial charge >= 0.3 is 0 Å². The number of hydrogen-bond donors (Lipinski definition) is 1. The minimum atomic E-state index is -0.360. The molecule has 2 N–H and O–H groups in total. The summed E-state index contributed by atoms with van der Waals surface area (Å²) in [6, 6.07) is 6.60. The lowest BCUT2D eigenvalue weighted by molar-refractivity contribution is 0.296. The number of halogens is 1. The third-order valence-electron chi connectivity index (χ3n) is 3.24. The Kier molecular flexibility index (Phi) is 5.94. The Bertz CT molecular complexity index is 451. The third-order valence-corrected chi connectivity index (χ3v) is 3.24. The second-order valence-electron chi connectivity index (χ2n) is 5.39. The molecule has 0 fully saturated rings. The van der Waals surface area contributed by atoms with E-state index < -0.39 is 0 Å². The van der Waals surface area contributed by atoms with Crippen LogP contribution in [0.5, 0.6) is 0 Å². The lowest BCUT2D eigenvalue weighted by Gasteiger charge is -2.21. The van der Waals surface area contributed by atoms with Crippen LogP contribution in [0.15, 0.2) is 18.2 Å². The molecule has 4 heteroatoms. The highest BCUT2D eigenvalue weighted by atomic mass is 19.1. The topological polar surface area (TPSA) is 53.0 Å². The van der Waals surface area contributed by atoms with Gasteiger partial charge in [0.25, 0.3) is 0 Å². The predicted molar refractivity (Wildman–Crippen MR) is 74.9 cm³/mol. The molecule has 0 aliphatic carbocycles. The molecule has 1 unspecified atom stereocenters. The van der Waals surface area contributed by atoms with Gasteiger partial charge in [0.1, 0.15) is 5.82 Å². The first kappa shape index (κ1) is 15.6. The third kappa shape index (κ3) is 5.37. The van der Waals surface area contributed by atoms with E-state index in [1.165, 1.54) is 12.1 Å². The highest BCUT2D eigenvalue weighted by Crippen LogP contribution is 2.11. The summed E-state index contributed by atoms with van der Waals surface area (Å²) in [7, 11) is 1.98. The molecule has 0 saturated heterocycles. The quantitative estimate of drug-likeness (QED) is 0.858. The van der Waals surface area contributed by atoms with Crippen LogP contribution < -0.4 is 5.73 Å². The summed E-state index contributed by atoms with van der Waals surface area (Å²) >= 11 is 0. The maximum atomic E-state index is 13.3. The van der Waals surface area contributed by atoms with Crippen molar-refractivity contribution in [1.29, 1.82) is 5.26 Å². The maximum Gasteiger partial charge on any atom is 0.124 e. The molecule has 0 aliphatic rings. The molecule has 0 amide bonds. The van der Waals surface area contributed by atoms with Crippen LogP contribution in [-0.4, -0.2) is 24.5 Å². The van der Waals surface area contributed by atoms with Crippen molar-refractivity contribution >= 4 is 0 Å². The molecule has 19 heavy (non-hydrogen) atoms. The van der Waals surface area contributed by atoms with E-state index in [4.69, 9.17) is 11.0 Å². The van der Waals surface area contributed by atoms with Gasteiger partial charge in [-0.3, -0.25) is 0 Å². The van der Waals surface area contributed by atoms with Crippen LogP contribution in [0, 0.1) is 23.1 Å². The van der Waals surface area contributed by atoms with E-state index in [0.717, 1.165) is 18.5 Å². The van der Waals surface area contributed by atoms with Gasteiger partial charge in [0, 0.05) is 12.6 Å². The second-order valence-corrected chi connectivity index (χ2v) is 5.39. The zero-order chi connectivity index (χ0) is 14.4. The molecule has 0 aromatic heterocycles. The zero-order valence-corrected chi connectivity index (χ0v) is 11.9. The van der Waals surface area contributed by atoms with Crippen molar-refractivity contribution in [1.82, 2.24) is 4.90 Å². The fourth-order valence-electron chi connectivity index (χ4n) is 1.90. The van der Waals surface area contributed by atoms with E-state index in [9.17, 15) is 4.39 Å². The van der Waals surface area contributed by atoms with Crippen LogP contribution in [0.4, 0.5) is 4.39 Å². The molecule has 0 heterocycles. The van der Waals surface area contributed by atoms with E-state index in [0.29, 0.717) is 18.0 Å². The van der Waals surface area contributed by atoms with Crippen molar-refractivity contribution in [3.8, 4) is 6.07 Å². The lowest BCUT2D eigenvalue weighted by Crippen LogP contribution is -2.31. The molecule has 0 saturated carbocycles. The van der Waals surface area contributed by atoms with Crippen molar-refractivity contribution in [3.63, 3.8) is 0 Å². The van der Waals surface area contributed by atoms with Gasteiger partial charge in [0.05, 0.1) is 11.6 Å². The molecular formula is C15H22FN3. The highest BCUT2D eigenvalue weighted by Gasteiger charge is 2.09. The van der Waals surface area contributed by atoms with Gasteiger partial charge in [0.15, 0.2) is 0 Å². The van der Waals surface area contributed by atoms with Crippen molar-refractivity contribution < 1.29 is 4.39 Å². The summed E-state index contributed by atoms with van der Waals surface area (Å²) in [6.45, 7) is 5.70. The molecule has 1 atom stereocenters. The zero-order valence-electron chi connectivity index (χ0n) is 11.9. The summed E-state index contributed by atoms with van der Waals surface area (Å²) < 4.78 is 13.3. The summed E-state index contributed by atoms with van der Waals surface area (Å²) in [5, 5.41) is 8.81. The molecule has 0 aliphatic heterocycles. The van der Waals surface area contributed by atoms with Crippen LogP contribution >= 0.6 is 0 Å². The first-order valence-corrected chi connectivity index (χ1v) is 6.56. The predicted octanol–water partition coefficient (Wildman–Crippen LogP) is 2.50. The molecule has 104 valence electrons. The van der Waals surface area contributed by atoms with Crippen LogP contribution in [0.2, 0.25) is 0 Å². The Morgan fingerprint density at radius 1 is 1.37 bits per heavy atom. The number of nitriles is 1. The van der Waals surface area contributed by atoms with E-state index in [1.54, 1.807) is 6.07 Å². The Morgan fingerprint density at radius 3 is 2.63 bits per heavy atom. The van der Waals surface area contributed by atoms with Crippen molar-refractivity contribution in [2.45, 2.75) is 32.9 Å². The molecule has 3 nitrogen and oxygen atoms in total. The maximum absolute atomic E-state index is 13.3. The molecule has 1 aromatic rings. The Morgan fingerprint density at radius 2 is 2.05 bits per heavy atom. The van der Waals surface area contributed by atoms with E-state index in [2.05, 4.69) is 18.7 Å². The smallest absolute Gasteiger partial charge is 0.124 e. The fourth-order valence-corrected chi connectivity index (χ4v) is 1.90. The fraction of sp³-hybridized carbons (Fsp3) is 0.533. The number of benzene rings is 1. The minimum Gasteiger partial charge on any atom is -0.327 e. The number of nitrogens with zero attached hydrogens (tertiary/aromatic N) is 2. The molecule has 0 bridgehead atoms. The average molecular weight is 263 g/mol. The Hall–Kier alpha value is -1.44. The first-order valence-electron chi connectivity index (χ1n) is 6.56. The van der Waals surface area contributed by atoms with E-state index in [-0.39, 0.29) is 11.9 Å². The minimum absolute atomic E-state index is 0.185. The molecule has 0 spiro atoms. The monoisotopic (exact) mass is 263 g/mol. The SMILES string of the molecule is CC(C)C(N)CCN(C)Cc1cc(F)cc(C#N)c1. The Balaban J connectivity index is 2.55. The number of hydrogen-bond acceptors (Lipinski definition) is 3. The van der Waals surface area contributed by atoms with Gasteiger partial charge in [-0.05, 0) is 49.7 Å². The molecule has 1 aromatic carbocycles. The summed E-state index contributed by atoms with van der Waals surface area (Å²) in [4.78, 5) is 2.10. The van der Waals surface area contributed by atoms with Gasteiger partial charge in [-0.25, -0.2) is 4.39 Å². The lowest BCUT2D eigenvalue weighted by atomic mass is 10.0. The normalized spacial score (nSPS) is 12.7. The molecule has 1 rings (SSSR count). The van der Waals surface area contributed by atoms with Crippen molar-refractivity contribution in [3.05, 3.63) is 35.1 Å². The summed E-state index contributed by atoms with van der Waals surface area (Å²) in [5.41, 5.74) is 7.18. The summed E-state index contributed by atoms with van der Waals surface area (Å²) in [6.07, 6.45) is 0.911. The largest absolute Gasteiger partial charge is 0.327 e. The average Bonchev–Trinajstić information content (AvgIpc) is 2.34. The molecule has 0 radical (unpaired) electrons. The van der Waals surface area contributed by atoms with E-state index >= 15 is 0 Å². The molecular weight excluding hydrogens is 241 g/mol.